The molecular weight excluding hydrogens is 342 g/mol. The van der Waals surface area contributed by atoms with Crippen molar-refractivity contribution >= 4 is 26.6 Å². The number of fused-ring (bicyclic) bond motifs is 1. The topological polar surface area (TPSA) is 113 Å². The van der Waals surface area contributed by atoms with Crippen LogP contribution >= 0.6 is 0 Å². The predicted molar refractivity (Wildman–Crippen MR) is 99.0 cm³/mol. The molecule has 0 aliphatic rings. The van der Waals surface area contributed by atoms with Crippen LogP contribution in [0.2, 0.25) is 0 Å². The summed E-state index contributed by atoms with van der Waals surface area (Å²) in [5, 5.41) is 0.806. The number of nitrogens with zero attached hydrogens (tertiary/aromatic N) is 1. The SMILES string of the molecule is CC(C)=O.CCN(CCCN)S(=O)(=O)c1cccc2c(=O)[nH]ccc12. The molecule has 2 rings (SSSR count). The van der Waals surface area contributed by atoms with Crippen LogP contribution < -0.4 is 11.3 Å². The second-order valence-electron chi connectivity index (χ2n) is 5.57. The van der Waals surface area contributed by atoms with Crippen LogP contribution in [0.5, 0.6) is 0 Å². The second kappa shape index (κ2) is 9.45. The number of aromatic nitrogens is 1. The molecule has 3 N–H and O–H groups in total. The Morgan fingerprint density at radius 1 is 1.20 bits per heavy atom. The third-order valence-corrected chi connectivity index (χ3v) is 5.39. The van der Waals surface area contributed by atoms with Gasteiger partial charge < -0.3 is 15.5 Å². The van der Waals surface area contributed by atoms with Gasteiger partial charge in [-0.3, -0.25) is 4.79 Å². The highest BCUT2D eigenvalue weighted by Gasteiger charge is 2.24. The van der Waals surface area contributed by atoms with Crippen LogP contribution in [0.25, 0.3) is 10.8 Å². The van der Waals surface area contributed by atoms with E-state index in [0.29, 0.717) is 36.8 Å². The number of benzene rings is 1. The summed E-state index contributed by atoms with van der Waals surface area (Å²) in [5.41, 5.74) is 5.16. The fourth-order valence-electron chi connectivity index (χ4n) is 2.27. The summed E-state index contributed by atoms with van der Waals surface area (Å²) in [4.78, 5) is 23.9. The van der Waals surface area contributed by atoms with Crippen molar-refractivity contribution in [2.75, 3.05) is 19.6 Å². The minimum Gasteiger partial charge on any atom is -0.330 e. The summed E-state index contributed by atoms with van der Waals surface area (Å²) in [6, 6.07) is 6.34. The number of nitrogens with one attached hydrogen (secondary N) is 1. The standard InChI is InChI=1S/C14H19N3O3S.C3H6O/c1-2-17(10-4-8-15)21(19,20)13-6-3-5-12-11(13)7-9-16-14(12)18;1-3(2)4/h3,5-7,9H,2,4,8,10,15H2,1H3,(H,16,18);1-2H3. The van der Waals surface area contributed by atoms with Crippen LogP contribution in [-0.4, -0.2) is 43.1 Å². The van der Waals surface area contributed by atoms with Gasteiger partial charge in [-0.05, 0) is 45.0 Å². The van der Waals surface area contributed by atoms with Crippen LogP contribution in [-0.2, 0) is 14.8 Å². The van der Waals surface area contributed by atoms with Crippen molar-refractivity contribution in [3.63, 3.8) is 0 Å². The van der Waals surface area contributed by atoms with Gasteiger partial charge in [-0.15, -0.1) is 0 Å². The molecule has 1 heterocycles. The molecule has 0 radical (unpaired) electrons. The maximum absolute atomic E-state index is 12.8. The number of sulfonamides is 1. The van der Waals surface area contributed by atoms with Crippen molar-refractivity contribution in [2.45, 2.75) is 32.1 Å². The number of ketones is 1. The number of nitrogens with two attached hydrogens (primary N) is 1. The Bertz CT molecular complexity index is 871. The summed E-state index contributed by atoms with van der Waals surface area (Å²) in [5.74, 6) is 0.167. The molecule has 0 saturated carbocycles. The molecule has 0 unspecified atom stereocenters. The van der Waals surface area contributed by atoms with E-state index in [4.69, 9.17) is 5.73 Å². The van der Waals surface area contributed by atoms with Crippen LogP contribution in [0.1, 0.15) is 27.2 Å². The Kier molecular flexibility index (Phi) is 7.95. The van der Waals surface area contributed by atoms with Crippen LogP contribution in [0.15, 0.2) is 40.2 Å². The molecule has 1 aromatic carbocycles. The Hall–Kier alpha value is -2.03. The van der Waals surface area contributed by atoms with Gasteiger partial charge in [0.1, 0.15) is 5.78 Å². The molecule has 0 aliphatic carbocycles. The quantitative estimate of drug-likeness (QED) is 0.803. The number of H-pyrrole nitrogens is 1. The van der Waals surface area contributed by atoms with E-state index in [0.717, 1.165) is 0 Å². The predicted octanol–water partition coefficient (Wildman–Crippen LogP) is 1.48. The average molecular weight is 367 g/mol. The average Bonchev–Trinajstić information content (AvgIpc) is 2.55. The van der Waals surface area contributed by atoms with Crippen molar-refractivity contribution in [1.29, 1.82) is 0 Å². The summed E-state index contributed by atoms with van der Waals surface area (Å²) in [6.45, 7) is 6.00. The van der Waals surface area contributed by atoms with Crippen molar-refractivity contribution in [2.24, 2.45) is 5.73 Å². The number of hydrogen-bond donors (Lipinski definition) is 2. The maximum Gasteiger partial charge on any atom is 0.255 e. The van der Waals surface area contributed by atoms with Crippen molar-refractivity contribution in [3.05, 3.63) is 40.8 Å². The van der Waals surface area contributed by atoms with Gasteiger partial charge in [0.2, 0.25) is 10.0 Å². The highest BCUT2D eigenvalue weighted by Crippen LogP contribution is 2.23. The van der Waals surface area contributed by atoms with Crippen molar-refractivity contribution < 1.29 is 13.2 Å². The van der Waals surface area contributed by atoms with E-state index in [1.165, 1.54) is 30.4 Å². The first kappa shape index (κ1) is 21.0. The van der Waals surface area contributed by atoms with Gasteiger partial charge in [0.15, 0.2) is 0 Å². The normalized spacial score (nSPS) is 11.2. The molecular formula is C17H25N3O4S. The van der Waals surface area contributed by atoms with Gasteiger partial charge in [-0.1, -0.05) is 13.0 Å². The van der Waals surface area contributed by atoms with E-state index in [-0.39, 0.29) is 16.2 Å². The Morgan fingerprint density at radius 3 is 2.40 bits per heavy atom. The lowest BCUT2D eigenvalue weighted by atomic mass is 10.2. The van der Waals surface area contributed by atoms with Crippen molar-refractivity contribution in [1.82, 2.24) is 9.29 Å². The van der Waals surface area contributed by atoms with Gasteiger partial charge in [-0.2, -0.15) is 4.31 Å². The molecule has 0 fully saturated rings. The first-order valence-corrected chi connectivity index (χ1v) is 9.47. The number of hydrogen-bond acceptors (Lipinski definition) is 5. The minimum absolute atomic E-state index is 0.157. The first-order valence-electron chi connectivity index (χ1n) is 8.03. The monoisotopic (exact) mass is 367 g/mol. The number of carbonyl (C=O) groups excluding carboxylic acids is 1. The molecule has 0 amide bonds. The fourth-order valence-corrected chi connectivity index (χ4v) is 3.97. The van der Waals surface area contributed by atoms with Crippen LogP contribution in [0, 0.1) is 0 Å². The fraction of sp³-hybridized carbons (Fsp3) is 0.412. The summed E-state index contributed by atoms with van der Waals surface area (Å²) >= 11 is 0. The minimum atomic E-state index is -3.64. The molecule has 8 heteroatoms. The molecule has 0 saturated heterocycles. The molecule has 0 bridgehead atoms. The Balaban J connectivity index is 0.000000705. The van der Waals surface area contributed by atoms with Gasteiger partial charge in [-0.25, -0.2) is 8.42 Å². The van der Waals surface area contributed by atoms with Crippen LogP contribution in [0.3, 0.4) is 0 Å². The molecule has 2 aromatic rings. The highest BCUT2D eigenvalue weighted by atomic mass is 32.2. The number of rotatable bonds is 6. The zero-order chi connectivity index (χ0) is 19.0. The third-order valence-electron chi connectivity index (χ3n) is 3.36. The number of pyridine rings is 1. The lowest BCUT2D eigenvalue weighted by Crippen LogP contribution is -2.33. The zero-order valence-corrected chi connectivity index (χ0v) is 15.6. The molecule has 138 valence electrons. The van der Waals surface area contributed by atoms with Gasteiger partial charge in [0.05, 0.1) is 4.90 Å². The highest BCUT2D eigenvalue weighted by molar-refractivity contribution is 7.89. The largest absolute Gasteiger partial charge is 0.330 e. The van der Waals surface area contributed by atoms with E-state index >= 15 is 0 Å². The smallest absolute Gasteiger partial charge is 0.255 e. The molecule has 0 atom stereocenters. The molecule has 0 spiro atoms. The zero-order valence-electron chi connectivity index (χ0n) is 14.8. The number of carbonyl (C=O) groups is 1. The van der Waals surface area contributed by atoms with Crippen LogP contribution in [0.4, 0.5) is 0 Å². The van der Waals surface area contributed by atoms with Gasteiger partial charge in [0, 0.05) is 30.1 Å². The van der Waals surface area contributed by atoms with E-state index in [1.54, 1.807) is 25.1 Å². The number of Topliss-reactive ketones (excluding diaryl/α,β-unsaturated/α-hetero) is 1. The van der Waals surface area contributed by atoms with E-state index in [1.807, 2.05) is 0 Å². The Labute approximate surface area is 147 Å². The van der Waals surface area contributed by atoms with Gasteiger partial charge in [0.25, 0.3) is 5.56 Å². The van der Waals surface area contributed by atoms with Gasteiger partial charge >= 0.3 is 0 Å². The third kappa shape index (κ3) is 5.48. The van der Waals surface area contributed by atoms with E-state index in [2.05, 4.69) is 4.98 Å². The van der Waals surface area contributed by atoms with E-state index in [9.17, 15) is 18.0 Å². The summed E-state index contributed by atoms with van der Waals surface area (Å²) in [6.07, 6.45) is 2.05. The van der Waals surface area contributed by atoms with Crippen molar-refractivity contribution in [3.8, 4) is 0 Å². The maximum atomic E-state index is 12.8. The molecule has 7 nitrogen and oxygen atoms in total. The first-order chi connectivity index (χ1) is 11.8. The molecule has 25 heavy (non-hydrogen) atoms. The lowest BCUT2D eigenvalue weighted by Gasteiger charge is -2.21. The second-order valence-corrected chi connectivity index (χ2v) is 7.48. The molecule has 0 aliphatic heterocycles. The Morgan fingerprint density at radius 2 is 1.84 bits per heavy atom. The molecule has 1 aromatic heterocycles. The number of aromatic amines is 1. The lowest BCUT2D eigenvalue weighted by molar-refractivity contribution is -0.114. The summed E-state index contributed by atoms with van der Waals surface area (Å²) in [7, 11) is -3.64. The van der Waals surface area contributed by atoms with E-state index < -0.39 is 10.0 Å². The summed E-state index contributed by atoms with van der Waals surface area (Å²) < 4.78 is 26.9.